The minimum Gasteiger partial charge on any atom is -0.356 e. The highest BCUT2D eigenvalue weighted by atomic mass is 35.5. The van der Waals surface area contributed by atoms with Gasteiger partial charge in [-0.2, -0.15) is 0 Å². The number of hydrogen-bond donors (Lipinski definition) is 1. The van der Waals surface area contributed by atoms with E-state index in [2.05, 4.69) is 42.1 Å². The SMILES string of the molecule is CC(C)CNC(=O)Cc1cn(Cc2ccc(Cl)cc2)c2ccccc12. The molecule has 0 spiro atoms. The zero-order chi connectivity index (χ0) is 17.8. The molecule has 3 nitrogen and oxygen atoms in total. The molecular formula is C21H23ClN2O. The summed E-state index contributed by atoms with van der Waals surface area (Å²) in [6.07, 6.45) is 2.50. The van der Waals surface area contributed by atoms with Gasteiger partial charge in [0.1, 0.15) is 0 Å². The molecule has 0 bridgehead atoms. The Bertz CT molecular complexity index is 865. The number of amides is 1. The van der Waals surface area contributed by atoms with E-state index in [1.807, 2.05) is 36.4 Å². The van der Waals surface area contributed by atoms with Crippen LogP contribution in [0.5, 0.6) is 0 Å². The molecule has 3 aromatic rings. The van der Waals surface area contributed by atoms with Crippen molar-refractivity contribution in [3.05, 3.63) is 70.9 Å². The lowest BCUT2D eigenvalue weighted by Gasteiger charge is -2.07. The molecule has 3 rings (SSSR count). The van der Waals surface area contributed by atoms with Gasteiger partial charge in [-0.1, -0.05) is 55.8 Å². The van der Waals surface area contributed by atoms with Gasteiger partial charge >= 0.3 is 0 Å². The number of hydrogen-bond acceptors (Lipinski definition) is 1. The highest BCUT2D eigenvalue weighted by Crippen LogP contribution is 2.23. The Morgan fingerprint density at radius 3 is 2.56 bits per heavy atom. The number of aromatic nitrogens is 1. The van der Waals surface area contributed by atoms with Crippen molar-refractivity contribution in [2.24, 2.45) is 5.92 Å². The number of fused-ring (bicyclic) bond motifs is 1. The van der Waals surface area contributed by atoms with Gasteiger partial charge in [0.15, 0.2) is 0 Å². The Hall–Kier alpha value is -2.26. The normalized spacial score (nSPS) is 11.2. The summed E-state index contributed by atoms with van der Waals surface area (Å²) < 4.78 is 2.20. The second-order valence-electron chi connectivity index (χ2n) is 6.80. The molecule has 0 aliphatic carbocycles. The molecule has 25 heavy (non-hydrogen) atoms. The number of benzene rings is 2. The van der Waals surface area contributed by atoms with Crippen molar-refractivity contribution in [2.75, 3.05) is 6.54 Å². The van der Waals surface area contributed by atoms with E-state index in [0.29, 0.717) is 18.9 Å². The first-order valence-corrected chi connectivity index (χ1v) is 8.98. The average molecular weight is 355 g/mol. The predicted molar refractivity (Wildman–Crippen MR) is 104 cm³/mol. The maximum absolute atomic E-state index is 12.2. The van der Waals surface area contributed by atoms with Gasteiger partial charge in [-0.3, -0.25) is 4.79 Å². The summed E-state index contributed by atoms with van der Waals surface area (Å²) in [4.78, 5) is 12.2. The van der Waals surface area contributed by atoms with Crippen LogP contribution in [-0.4, -0.2) is 17.0 Å². The van der Waals surface area contributed by atoms with Crippen molar-refractivity contribution in [1.82, 2.24) is 9.88 Å². The summed E-state index contributed by atoms with van der Waals surface area (Å²) >= 11 is 5.97. The molecule has 4 heteroatoms. The molecule has 0 aliphatic heterocycles. The highest BCUT2D eigenvalue weighted by Gasteiger charge is 2.12. The zero-order valence-corrected chi connectivity index (χ0v) is 15.4. The molecule has 2 aromatic carbocycles. The number of nitrogens with zero attached hydrogens (tertiary/aromatic N) is 1. The van der Waals surface area contributed by atoms with E-state index in [1.165, 1.54) is 5.56 Å². The van der Waals surface area contributed by atoms with E-state index in [1.54, 1.807) is 0 Å². The fourth-order valence-electron chi connectivity index (χ4n) is 2.93. The third-order valence-corrected chi connectivity index (χ3v) is 4.45. The molecule has 0 aliphatic rings. The lowest BCUT2D eigenvalue weighted by atomic mass is 10.1. The van der Waals surface area contributed by atoms with E-state index in [4.69, 9.17) is 11.6 Å². The molecule has 0 atom stereocenters. The second-order valence-corrected chi connectivity index (χ2v) is 7.24. The predicted octanol–water partition coefficient (Wildman–Crippen LogP) is 4.66. The van der Waals surface area contributed by atoms with E-state index < -0.39 is 0 Å². The van der Waals surface area contributed by atoms with Crippen LogP contribution in [0.3, 0.4) is 0 Å². The smallest absolute Gasteiger partial charge is 0.224 e. The third-order valence-electron chi connectivity index (χ3n) is 4.20. The second kappa shape index (κ2) is 7.75. The van der Waals surface area contributed by atoms with Crippen molar-refractivity contribution in [3.8, 4) is 0 Å². The summed E-state index contributed by atoms with van der Waals surface area (Å²) in [5, 5.41) is 4.87. The van der Waals surface area contributed by atoms with Crippen molar-refractivity contribution in [2.45, 2.75) is 26.8 Å². The molecule has 0 fully saturated rings. The Morgan fingerprint density at radius 1 is 1.12 bits per heavy atom. The summed E-state index contributed by atoms with van der Waals surface area (Å²) in [5.74, 6) is 0.526. The summed E-state index contributed by atoms with van der Waals surface area (Å²) in [6, 6.07) is 16.1. The van der Waals surface area contributed by atoms with Gasteiger partial charge in [0, 0.05) is 35.2 Å². The Morgan fingerprint density at radius 2 is 1.84 bits per heavy atom. The van der Waals surface area contributed by atoms with Crippen LogP contribution in [0.1, 0.15) is 25.0 Å². The molecule has 0 saturated heterocycles. The van der Waals surface area contributed by atoms with Crippen LogP contribution in [0.15, 0.2) is 54.7 Å². The van der Waals surface area contributed by atoms with Crippen LogP contribution in [0, 0.1) is 5.92 Å². The number of carbonyl (C=O) groups excluding carboxylic acids is 1. The minimum atomic E-state index is 0.0723. The first kappa shape index (κ1) is 17.6. The summed E-state index contributed by atoms with van der Waals surface area (Å²) in [5.41, 5.74) is 3.39. The van der Waals surface area contributed by atoms with E-state index >= 15 is 0 Å². The third kappa shape index (κ3) is 4.43. The first-order chi connectivity index (χ1) is 12.0. The first-order valence-electron chi connectivity index (χ1n) is 8.61. The lowest BCUT2D eigenvalue weighted by molar-refractivity contribution is -0.120. The van der Waals surface area contributed by atoms with Crippen LogP contribution in [0.4, 0.5) is 0 Å². The van der Waals surface area contributed by atoms with Crippen molar-refractivity contribution < 1.29 is 4.79 Å². The fourth-order valence-corrected chi connectivity index (χ4v) is 3.06. The standard InChI is InChI=1S/C21H23ClN2O/c1-15(2)12-23-21(25)11-17-14-24(20-6-4-3-5-19(17)20)13-16-7-9-18(22)10-8-16/h3-10,14-15H,11-13H2,1-2H3,(H,23,25). The zero-order valence-electron chi connectivity index (χ0n) is 14.6. The fraction of sp³-hybridized carbons (Fsp3) is 0.286. The van der Waals surface area contributed by atoms with Crippen LogP contribution in [-0.2, 0) is 17.8 Å². The van der Waals surface area contributed by atoms with Crippen LogP contribution < -0.4 is 5.32 Å². The average Bonchev–Trinajstić information content (AvgIpc) is 2.93. The number of nitrogens with one attached hydrogen (secondary N) is 1. The van der Waals surface area contributed by atoms with Gasteiger partial charge < -0.3 is 9.88 Å². The van der Waals surface area contributed by atoms with Crippen LogP contribution in [0.2, 0.25) is 5.02 Å². The molecule has 1 aromatic heterocycles. The molecular weight excluding hydrogens is 332 g/mol. The number of halogens is 1. The van der Waals surface area contributed by atoms with Crippen molar-refractivity contribution in [1.29, 1.82) is 0 Å². The molecule has 0 unspecified atom stereocenters. The quantitative estimate of drug-likeness (QED) is 0.686. The summed E-state index contributed by atoms with van der Waals surface area (Å²) in [6.45, 7) is 5.66. The molecule has 1 heterocycles. The van der Waals surface area contributed by atoms with E-state index in [-0.39, 0.29) is 5.91 Å². The highest BCUT2D eigenvalue weighted by molar-refractivity contribution is 6.30. The molecule has 0 saturated carbocycles. The lowest BCUT2D eigenvalue weighted by Crippen LogP contribution is -2.28. The minimum absolute atomic E-state index is 0.0723. The van der Waals surface area contributed by atoms with Crippen LogP contribution in [0.25, 0.3) is 10.9 Å². The topological polar surface area (TPSA) is 34.0 Å². The van der Waals surface area contributed by atoms with Crippen molar-refractivity contribution in [3.63, 3.8) is 0 Å². The monoisotopic (exact) mass is 354 g/mol. The van der Waals surface area contributed by atoms with Crippen LogP contribution >= 0.6 is 11.6 Å². The number of carbonyl (C=O) groups is 1. The Kier molecular flexibility index (Phi) is 5.44. The summed E-state index contributed by atoms with van der Waals surface area (Å²) in [7, 11) is 0. The van der Waals surface area contributed by atoms with Gasteiger partial charge in [-0.15, -0.1) is 0 Å². The van der Waals surface area contributed by atoms with Gasteiger partial charge in [0.2, 0.25) is 5.91 Å². The van der Waals surface area contributed by atoms with E-state index in [9.17, 15) is 4.79 Å². The maximum Gasteiger partial charge on any atom is 0.224 e. The Balaban J connectivity index is 1.85. The van der Waals surface area contributed by atoms with Crippen molar-refractivity contribution >= 4 is 28.4 Å². The molecule has 0 radical (unpaired) electrons. The largest absolute Gasteiger partial charge is 0.356 e. The number of para-hydroxylation sites is 1. The molecule has 1 amide bonds. The molecule has 1 N–H and O–H groups in total. The van der Waals surface area contributed by atoms with Gasteiger partial charge in [-0.05, 0) is 35.2 Å². The van der Waals surface area contributed by atoms with Gasteiger partial charge in [0.05, 0.1) is 6.42 Å². The van der Waals surface area contributed by atoms with E-state index in [0.717, 1.165) is 28.0 Å². The molecule has 130 valence electrons. The Labute approximate surface area is 153 Å². The van der Waals surface area contributed by atoms with Gasteiger partial charge in [-0.25, -0.2) is 0 Å². The number of rotatable bonds is 6. The maximum atomic E-state index is 12.2. The van der Waals surface area contributed by atoms with Gasteiger partial charge in [0.25, 0.3) is 0 Å².